The van der Waals surface area contributed by atoms with Gasteiger partial charge in [0.15, 0.2) is 5.76 Å². The predicted octanol–water partition coefficient (Wildman–Crippen LogP) is 2.92. The maximum Gasteiger partial charge on any atom is 0.287 e. The van der Waals surface area contributed by atoms with Gasteiger partial charge in [-0.1, -0.05) is 19.1 Å². The van der Waals surface area contributed by atoms with E-state index in [0.717, 1.165) is 17.7 Å². The van der Waals surface area contributed by atoms with Crippen molar-refractivity contribution in [2.75, 3.05) is 5.73 Å². The van der Waals surface area contributed by atoms with Crippen LogP contribution in [0, 0.1) is 0 Å². The molecule has 0 saturated heterocycles. The molecule has 1 unspecified atom stereocenters. The van der Waals surface area contributed by atoms with Crippen LogP contribution in [-0.4, -0.2) is 5.91 Å². The first-order chi connectivity index (χ1) is 9.10. The highest BCUT2D eigenvalue weighted by molar-refractivity contribution is 5.91. The molecule has 0 aliphatic carbocycles. The summed E-state index contributed by atoms with van der Waals surface area (Å²) in [5.41, 5.74) is 7.38. The zero-order valence-corrected chi connectivity index (χ0v) is 11.1. The smallest absolute Gasteiger partial charge is 0.287 e. The number of nitrogens with one attached hydrogen (secondary N) is 1. The molecule has 1 heterocycles. The van der Waals surface area contributed by atoms with Gasteiger partial charge < -0.3 is 15.5 Å². The van der Waals surface area contributed by atoms with E-state index in [0.29, 0.717) is 11.4 Å². The number of rotatable bonds is 4. The maximum atomic E-state index is 12.0. The fraction of sp³-hybridized carbons (Fsp3) is 0.267. The Balaban J connectivity index is 2.06. The van der Waals surface area contributed by atoms with Crippen LogP contribution in [0.3, 0.4) is 0 Å². The Labute approximate surface area is 112 Å². The molecule has 2 rings (SSSR count). The van der Waals surface area contributed by atoms with Crippen LogP contribution in [0.5, 0.6) is 0 Å². The molecular formula is C15H18N2O2. The molecule has 1 atom stereocenters. The van der Waals surface area contributed by atoms with Gasteiger partial charge in [0.05, 0.1) is 6.04 Å². The Morgan fingerprint density at radius 2 is 2.16 bits per heavy atom. The van der Waals surface area contributed by atoms with Crippen LogP contribution in [0.4, 0.5) is 5.69 Å². The van der Waals surface area contributed by atoms with Gasteiger partial charge >= 0.3 is 0 Å². The number of carbonyl (C=O) groups is 1. The number of aryl methyl sites for hydroxylation is 1. The van der Waals surface area contributed by atoms with E-state index in [1.807, 2.05) is 44.2 Å². The van der Waals surface area contributed by atoms with E-state index in [1.54, 1.807) is 6.07 Å². The number of carbonyl (C=O) groups excluding carboxylic acids is 1. The van der Waals surface area contributed by atoms with Crippen molar-refractivity contribution in [1.82, 2.24) is 5.32 Å². The Kier molecular flexibility index (Phi) is 3.90. The first kappa shape index (κ1) is 13.2. The summed E-state index contributed by atoms with van der Waals surface area (Å²) in [6.07, 6.45) is 0.776. The van der Waals surface area contributed by atoms with Crippen LogP contribution in [0.15, 0.2) is 40.8 Å². The normalized spacial score (nSPS) is 12.1. The standard InChI is InChI=1S/C15H18N2O2/c1-3-13-7-8-14(19-13)15(18)17-10(2)11-5-4-6-12(16)9-11/h4-10H,3,16H2,1-2H3,(H,17,18). The summed E-state index contributed by atoms with van der Waals surface area (Å²) in [5, 5.41) is 2.89. The minimum absolute atomic E-state index is 0.119. The zero-order valence-electron chi connectivity index (χ0n) is 11.1. The van der Waals surface area contributed by atoms with Gasteiger partial charge in [0.25, 0.3) is 5.91 Å². The second kappa shape index (κ2) is 5.61. The van der Waals surface area contributed by atoms with Gasteiger partial charge in [0.1, 0.15) is 5.76 Å². The summed E-state index contributed by atoms with van der Waals surface area (Å²) in [6.45, 7) is 3.90. The lowest BCUT2D eigenvalue weighted by Crippen LogP contribution is -2.26. The van der Waals surface area contributed by atoms with E-state index in [-0.39, 0.29) is 11.9 Å². The third-order valence-corrected chi connectivity index (χ3v) is 2.99. The van der Waals surface area contributed by atoms with Crippen molar-refractivity contribution in [3.05, 3.63) is 53.5 Å². The second-order valence-electron chi connectivity index (χ2n) is 4.48. The fourth-order valence-corrected chi connectivity index (χ4v) is 1.87. The lowest BCUT2D eigenvalue weighted by atomic mass is 10.1. The molecule has 0 radical (unpaired) electrons. The molecule has 4 nitrogen and oxygen atoms in total. The van der Waals surface area contributed by atoms with Crippen molar-refractivity contribution in [3.63, 3.8) is 0 Å². The van der Waals surface area contributed by atoms with E-state index in [2.05, 4.69) is 5.32 Å². The van der Waals surface area contributed by atoms with E-state index >= 15 is 0 Å². The number of hydrogen-bond donors (Lipinski definition) is 2. The van der Waals surface area contributed by atoms with Gasteiger partial charge in [-0.05, 0) is 36.8 Å². The Hall–Kier alpha value is -2.23. The summed E-state index contributed by atoms with van der Waals surface area (Å²) in [6, 6.07) is 10.9. The molecular weight excluding hydrogens is 240 g/mol. The van der Waals surface area contributed by atoms with Crippen molar-refractivity contribution < 1.29 is 9.21 Å². The molecule has 1 amide bonds. The number of nitrogen functional groups attached to an aromatic ring is 1. The topological polar surface area (TPSA) is 68.3 Å². The molecule has 0 aliphatic heterocycles. The lowest BCUT2D eigenvalue weighted by Gasteiger charge is -2.13. The van der Waals surface area contributed by atoms with Gasteiger partial charge in [-0.2, -0.15) is 0 Å². The Morgan fingerprint density at radius 1 is 1.37 bits per heavy atom. The molecule has 0 spiro atoms. The molecule has 100 valence electrons. The molecule has 1 aromatic carbocycles. The Bertz CT molecular complexity index is 575. The average Bonchev–Trinajstić information content (AvgIpc) is 2.87. The van der Waals surface area contributed by atoms with E-state index in [9.17, 15) is 4.79 Å². The quantitative estimate of drug-likeness (QED) is 0.828. The zero-order chi connectivity index (χ0) is 13.8. The van der Waals surface area contributed by atoms with Crippen molar-refractivity contribution in [3.8, 4) is 0 Å². The minimum atomic E-state index is -0.213. The molecule has 1 aromatic heterocycles. The van der Waals surface area contributed by atoms with Gasteiger partial charge in [-0.3, -0.25) is 4.79 Å². The van der Waals surface area contributed by atoms with Gasteiger partial charge in [-0.25, -0.2) is 0 Å². The first-order valence-corrected chi connectivity index (χ1v) is 6.35. The number of amides is 1. The number of furan rings is 1. The lowest BCUT2D eigenvalue weighted by molar-refractivity contribution is 0.0910. The number of nitrogens with two attached hydrogens (primary N) is 1. The molecule has 0 saturated carbocycles. The predicted molar refractivity (Wildman–Crippen MR) is 74.8 cm³/mol. The largest absolute Gasteiger partial charge is 0.456 e. The fourth-order valence-electron chi connectivity index (χ4n) is 1.87. The van der Waals surface area contributed by atoms with Crippen LogP contribution < -0.4 is 11.1 Å². The van der Waals surface area contributed by atoms with E-state index in [1.165, 1.54) is 0 Å². The molecule has 2 aromatic rings. The van der Waals surface area contributed by atoms with Crippen molar-refractivity contribution in [2.45, 2.75) is 26.3 Å². The third kappa shape index (κ3) is 3.16. The van der Waals surface area contributed by atoms with Crippen LogP contribution in [0.25, 0.3) is 0 Å². The second-order valence-corrected chi connectivity index (χ2v) is 4.48. The summed E-state index contributed by atoms with van der Waals surface area (Å²) in [4.78, 5) is 12.0. The van der Waals surface area contributed by atoms with Gasteiger partial charge in [-0.15, -0.1) is 0 Å². The van der Waals surface area contributed by atoms with Crippen LogP contribution in [-0.2, 0) is 6.42 Å². The number of anilines is 1. The van der Waals surface area contributed by atoms with E-state index in [4.69, 9.17) is 10.2 Å². The number of benzene rings is 1. The number of hydrogen-bond acceptors (Lipinski definition) is 3. The summed E-state index contributed by atoms with van der Waals surface area (Å²) in [5.74, 6) is 0.934. The van der Waals surface area contributed by atoms with Gasteiger partial charge in [0, 0.05) is 12.1 Å². The molecule has 3 N–H and O–H groups in total. The third-order valence-electron chi connectivity index (χ3n) is 2.99. The highest BCUT2D eigenvalue weighted by Gasteiger charge is 2.14. The monoisotopic (exact) mass is 258 g/mol. The Morgan fingerprint density at radius 3 is 2.79 bits per heavy atom. The maximum absolute atomic E-state index is 12.0. The van der Waals surface area contributed by atoms with Crippen LogP contribution in [0.2, 0.25) is 0 Å². The van der Waals surface area contributed by atoms with Crippen LogP contribution in [0.1, 0.15) is 41.8 Å². The minimum Gasteiger partial charge on any atom is -0.456 e. The SMILES string of the molecule is CCc1ccc(C(=O)NC(C)c2cccc(N)c2)o1. The average molecular weight is 258 g/mol. The van der Waals surface area contributed by atoms with Crippen molar-refractivity contribution in [2.24, 2.45) is 0 Å². The molecule has 0 bridgehead atoms. The molecule has 4 heteroatoms. The first-order valence-electron chi connectivity index (χ1n) is 6.35. The molecule has 0 fully saturated rings. The van der Waals surface area contributed by atoms with Crippen LogP contribution >= 0.6 is 0 Å². The highest BCUT2D eigenvalue weighted by atomic mass is 16.3. The summed E-state index contributed by atoms with van der Waals surface area (Å²) < 4.78 is 5.42. The van der Waals surface area contributed by atoms with Crippen molar-refractivity contribution in [1.29, 1.82) is 0 Å². The van der Waals surface area contributed by atoms with E-state index < -0.39 is 0 Å². The molecule has 0 aliphatic rings. The van der Waals surface area contributed by atoms with Gasteiger partial charge in [0.2, 0.25) is 0 Å². The highest BCUT2D eigenvalue weighted by Crippen LogP contribution is 2.16. The summed E-state index contributed by atoms with van der Waals surface area (Å²) >= 11 is 0. The molecule has 19 heavy (non-hydrogen) atoms. The van der Waals surface area contributed by atoms with Crippen molar-refractivity contribution >= 4 is 11.6 Å². The summed E-state index contributed by atoms with van der Waals surface area (Å²) in [7, 11) is 0.